The maximum absolute atomic E-state index is 11.2. The Labute approximate surface area is 118 Å². The minimum Gasteiger partial charge on any atom is -0.481 e. The molecule has 0 aliphatic carbocycles. The van der Waals surface area contributed by atoms with Gasteiger partial charge in [-0.3, -0.25) is 4.79 Å². The number of carboxylic acids is 1. The monoisotopic (exact) mass is 279 g/mol. The highest BCUT2D eigenvalue weighted by Gasteiger charge is 2.36. The van der Waals surface area contributed by atoms with Crippen LogP contribution in [0.4, 0.5) is 5.95 Å². The molecule has 6 nitrogen and oxygen atoms in total. The Kier molecular flexibility index (Phi) is 4.11. The van der Waals surface area contributed by atoms with Gasteiger partial charge in [0, 0.05) is 24.8 Å². The highest BCUT2D eigenvalue weighted by Crippen LogP contribution is 2.27. The highest BCUT2D eigenvalue weighted by molar-refractivity contribution is 5.72. The maximum atomic E-state index is 11.2. The zero-order valence-electron chi connectivity index (χ0n) is 12.3. The van der Waals surface area contributed by atoms with Crippen LogP contribution in [-0.2, 0) is 4.79 Å². The normalized spacial score (nSPS) is 22.4. The zero-order chi connectivity index (χ0) is 14.9. The molecule has 0 radical (unpaired) electrons. The first-order valence-corrected chi connectivity index (χ1v) is 6.87. The zero-order valence-corrected chi connectivity index (χ0v) is 12.3. The molecule has 0 amide bonds. The molecule has 1 aliphatic heterocycles. The molecule has 0 saturated carbocycles. The van der Waals surface area contributed by atoms with Crippen LogP contribution in [0.2, 0.25) is 0 Å². The van der Waals surface area contributed by atoms with Crippen molar-refractivity contribution in [2.45, 2.75) is 33.8 Å². The number of carbonyl (C=O) groups is 1. The summed E-state index contributed by atoms with van der Waals surface area (Å²) < 4.78 is 5.60. The third-order valence-electron chi connectivity index (χ3n) is 3.39. The number of hydrogen-bond acceptors (Lipinski definition) is 5. The molecule has 2 rings (SSSR count). The molecule has 0 aromatic carbocycles. The van der Waals surface area contributed by atoms with E-state index in [-0.39, 0.29) is 17.9 Å². The molecule has 2 atom stereocenters. The highest BCUT2D eigenvalue weighted by atomic mass is 16.5. The van der Waals surface area contributed by atoms with Gasteiger partial charge in [-0.25, -0.2) is 4.98 Å². The van der Waals surface area contributed by atoms with E-state index in [9.17, 15) is 9.90 Å². The van der Waals surface area contributed by atoms with Gasteiger partial charge in [-0.2, -0.15) is 4.98 Å². The van der Waals surface area contributed by atoms with E-state index in [1.54, 1.807) is 6.07 Å². The summed E-state index contributed by atoms with van der Waals surface area (Å²) in [6, 6.07) is 1.79. The standard InChI is InChI=1S/C14H21N3O3/c1-8(2)20-12-5-10(4)15-14(16-12)17-6-9(3)11(7-17)13(18)19/h5,8-9,11H,6-7H2,1-4H3,(H,18,19). The number of aliphatic carboxylic acids is 1. The molecule has 2 unspecified atom stereocenters. The van der Waals surface area contributed by atoms with Gasteiger partial charge in [0.1, 0.15) is 0 Å². The summed E-state index contributed by atoms with van der Waals surface area (Å²) in [7, 11) is 0. The summed E-state index contributed by atoms with van der Waals surface area (Å²) in [4.78, 5) is 21.9. The molecule has 2 heterocycles. The number of aryl methyl sites for hydroxylation is 1. The van der Waals surface area contributed by atoms with Crippen LogP contribution in [0.1, 0.15) is 26.5 Å². The van der Waals surface area contributed by atoms with Gasteiger partial charge in [0.05, 0.1) is 12.0 Å². The van der Waals surface area contributed by atoms with Crippen molar-refractivity contribution in [2.75, 3.05) is 18.0 Å². The van der Waals surface area contributed by atoms with E-state index in [0.29, 0.717) is 24.9 Å². The Balaban J connectivity index is 2.21. The second-order valence-corrected chi connectivity index (χ2v) is 5.64. The van der Waals surface area contributed by atoms with Crippen LogP contribution in [0.15, 0.2) is 6.07 Å². The fraction of sp³-hybridized carbons (Fsp3) is 0.643. The fourth-order valence-electron chi connectivity index (χ4n) is 2.42. The van der Waals surface area contributed by atoms with Crippen LogP contribution in [0.25, 0.3) is 0 Å². The minimum absolute atomic E-state index is 0.0430. The maximum Gasteiger partial charge on any atom is 0.308 e. The van der Waals surface area contributed by atoms with Gasteiger partial charge in [0.25, 0.3) is 0 Å². The van der Waals surface area contributed by atoms with E-state index in [4.69, 9.17) is 4.74 Å². The molecular formula is C14H21N3O3. The third-order valence-corrected chi connectivity index (χ3v) is 3.39. The number of aromatic nitrogens is 2. The molecule has 0 spiro atoms. The molecule has 20 heavy (non-hydrogen) atoms. The number of rotatable bonds is 4. The second kappa shape index (κ2) is 5.64. The van der Waals surface area contributed by atoms with Crippen molar-refractivity contribution in [2.24, 2.45) is 11.8 Å². The average Bonchev–Trinajstić information content (AvgIpc) is 2.69. The Morgan fingerprint density at radius 3 is 2.70 bits per heavy atom. The number of ether oxygens (including phenoxy) is 1. The summed E-state index contributed by atoms with van der Waals surface area (Å²) in [5.74, 6) is 0.0520. The topological polar surface area (TPSA) is 75.5 Å². The lowest BCUT2D eigenvalue weighted by atomic mass is 9.99. The smallest absolute Gasteiger partial charge is 0.308 e. The van der Waals surface area contributed by atoms with Crippen LogP contribution in [0.5, 0.6) is 5.88 Å². The van der Waals surface area contributed by atoms with Gasteiger partial charge in [0.15, 0.2) is 0 Å². The molecule has 6 heteroatoms. The average molecular weight is 279 g/mol. The largest absolute Gasteiger partial charge is 0.481 e. The van der Waals surface area contributed by atoms with Crippen molar-refractivity contribution in [3.8, 4) is 5.88 Å². The van der Waals surface area contributed by atoms with Crippen molar-refractivity contribution in [1.29, 1.82) is 0 Å². The van der Waals surface area contributed by atoms with Crippen molar-refractivity contribution in [1.82, 2.24) is 9.97 Å². The first-order chi connectivity index (χ1) is 9.36. The first-order valence-electron chi connectivity index (χ1n) is 6.87. The number of anilines is 1. The van der Waals surface area contributed by atoms with Crippen LogP contribution in [-0.4, -0.2) is 40.2 Å². The SMILES string of the molecule is Cc1cc(OC(C)C)nc(N2CC(C)C(C(=O)O)C2)n1. The molecular weight excluding hydrogens is 258 g/mol. The summed E-state index contributed by atoms with van der Waals surface area (Å²) in [6.45, 7) is 8.81. The van der Waals surface area contributed by atoms with E-state index < -0.39 is 5.97 Å². The van der Waals surface area contributed by atoms with E-state index >= 15 is 0 Å². The lowest BCUT2D eigenvalue weighted by Crippen LogP contribution is -2.25. The van der Waals surface area contributed by atoms with Crippen LogP contribution in [0.3, 0.4) is 0 Å². The van der Waals surface area contributed by atoms with E-state index in [1.165, 1.54) is 0 Å². The molecule has 1 aliphatic rings. The van der Waals surface area contributed by atoms with E-state index in [2.05, 4.69) is 9.97 Å². The summed E-state index contributed by atoms with van der Waals surface area (Å²) in [5, 5.41) is 9.18. The van der Waals surface area contributed by atoms with Gasteiger partial charge in [-0.1, -0.05) is 6.92 Å². The molecule has 1 fully saturated rings. The number of hydrogen-bond donors (Lipinski definition) is 1. The van der Waals surface area contributed by atoms with Gasteiger partial charge < -0.3 is 14.7 Å². The summed E-state index contributed by atoms with van der Waals surface area (Å²) in [5.41, 5.74) is 0.817. The molecule has 1 aromatic rings. The third kappa shape index (κ3) is 3.18. The van der Waals surface area contributed by atoms with Gasteiger partial charge in [-0.05, 0) is 26.7 Å². The predicted molar refractivity (Wildman–Crippen MR) is 75.0 cm³/mol. The number of nitrogens with zero attached hydrogens (tertiary/aromatic N) is 3. The Morgan fingerprint density at radius 1 is 1.45 bits per heavy atom. The second-order valence-electron chi connectivity index (χ2n) is 5.64. The van der Waals surface area contributed by atoms with Crippen molar-refractivity contribution in [3.63, 3.8) is 0 Å². The summed E-state index contributed by atoms with van der Waals surface area (Å²) in [6.07, 6.45) is 0.0430. The molecule has 1 N–H and O–H groups in total. The summed E-state index contributed by atoms with van der Waals surface area (Å²) >= 11 is 0. The Morgan fingerprint density at radius 2 is 2.15 bits per heavy atom. The number of carboxylic acid groups (broad SMARTS) is 1. The lowest BCUT2D eigenvalue weighted by Gasteiger charge is -2.18. The Bertz CT molecular complexity index is 504. The van der Waals surface area contributed by atoms with Gasteiger partial charge >= 0.3 is 5.97 Å². The van der Waals surface area contributed by atoms with E-state index in [1.807, 2.05) is 32.6 Å². The molecule has 0 bridgehead atoms. The Hall–Kier alpha value is -1.85. The molecule has 1 aromatic heterocycles. The molecule has 110 valence electrons. The van der Waals surface area contributed by atoms with Crippen LogP contribution >= 0.6 is 0 Å². The minimum atomic E-state index is -0.758. The molecule has 1 saturated heterocycles. The van der Waals surface area contributed by atoms with Crippen LogP contribution < -0.4 is 9.64 Å². The van der Waals surface area contributed by atoms with Crippen molar-refractivity contribution >= 4 is 11.9 Å². The lowest BCUT2D eigenvalue weighted by molar-refractivity contribution is -0.142. The fourth-order valence-corrected chi connectivity index (χ4v) is 2.42. The van der Waals surface area contributed by atoms with Gasteiger partial charge in [-0.15, -0.1) is 0 Å². The van der Waals surface area contributed by atoms with Gasteiger partial charge in [0.2, 0.25) is 11.8 Å². The van der Waals surface area contributed by atoms with Crippen LogP contribution in [0, 0.1) is 18.8 Å². The van der Waals surface area contributed by atoms with Crippen molar-refractivity contribution < 1.29 is 14.6 Å². The first kappa shape index (κ1) is 14.6. The van der Waals surface area contributed by atoms with E-state index in [0.717, 1.165) is 5.69 Å². The van der Waals surface area contributed by atoms with Crippen molar-refractivity contribution in [3.05, 3.63) is 11.8 Å². The predicted octanol–water partition coefficient (Wildman–Crippen LogP) is 1.73. The quantitative estimate of drug-likeness (QED) is 0.904.